The summed E-state index contributed by atoms with van der Waals surface area (Å²) in [6, 6.07) is 1.46. The molecule has 3 unspecified atom stereocenters. The van der Waals surface area contributed by atoms with Gasteiger partial charge in [-0.2, -0.15) is 0 Å². The molecular formula is C18H36N2. The van der Waals surface area contributed by atoms with Crippen LogP contribution in [0.4, 0.5) is 0 Å². The van der Waals surface area contributed by atoms with Crippen molar-refractivity contribution in [1.29, 1.82) is 0 Å². The van der Waals surface area contributed by atoms with Crippen LogP contribution in [-0.2, 0) is 0 Å². The molecule has 2 heteroatoms. The van der Waals surface area contributed by atoms with Crippen molar-refractivity contribution >= 4 is 0 Å². The molecule has 0 radical (unpaired) electrons. The largest absolute Gasteiger partial charge is 0.315 e. The summed E-state index contributed by atoms with van der Waals surface area (Å²) in [6.45, 7) is 14.8. The predicted octanol–water partition coefficient (Wildman–Crippen LogP) is 3.91. The number of hydrogen-bond donors (Lipinski definition) is 1. The first kappa shape index (κ1) is 16.3. The zero-order valence-electron chi connectivity index (χ0n) is 14.6. The fourth-order valence-corrected chi connectivity index (χ4v) is 4.32. The summed E-state index contributed by atoms with van der Waals surface area (Å²) >= 11 is 0. The molecule has 2 nitrogen and oxygen atoms in total. The van der Waals surface area contributed by atoms with Crippen LogP contribution in [-0.4, -0.2) is 37.1 Å². The van der Waals surface area contributed by atoms with Crippen molar-refractivity contribution in [3.05, 3.63) is 0 Å². The van der Waals surface area contributed by atoms with Gasteiger partial charge in [0.15, 0.2) is 0 Å². The lowest BCUT2D eigenvalue weighted by Gasteiger charge is -2.46. The Morgan fingerprint density at radius 2 is 1.95 bits per heavy atom. The van der Waals surface area contributed by atoms with E-state index in [0.717, 1.165) is 12.0 Å². The Kier molecular flexibility index (Phi) is 4.86. The van der Waals surface area contributed by atoms with Crippen LogP contribution in [0.3, 0.4) is 0 Å². The highest BCUT2D eigenvalue weighted by Crippen LogP contribution is 2.43. The van der Waals surface area contributed by atoms with Crippen molar-refractivity contribution in [3.63, 3.8) is 0 Å². The summed E-state index contributed by atoms with van der Waals surface area (Å²) in [5, 5.41) is 3.61. The van der Waals surface area contributed by atoms with Crippen LogP contribution in [0.25, 0.3) is 0 Å². The van der Waals surface area contributed by atoms with Gasteiger partial charge in [-0.3, -0.25) is 4.90 Å². The Bertz CT molecular complexity index is 321. The number of nitrogens with one attached hydrogen (secondary N) is 1. The molecule has 0 aromatic carbocycles. The van der Waals surface area contributed by atoms with Crippen molar-refractivity contribution in [1.82, 2.24) is 10.2 Å². The SMILES string of the molecule is CCC(C)(C)C1CCC(NC)C(N2CCC(C)(C)C2)C1. The second kappa shape index (κ2) is 5.96. The first-order valence-electron chi connectivity index (χ1n) is 8.70. The molecule has 1 heterocycles. The van der Waals surface area contributed by atoms with E-state index in [0.29, 0.717) is 16.9 Å². The van der Waals surface area contributed by atoms with Crippen LogP contribution in [0.5, 0.6) is 0 Å². The average molecular weight is 280 g/mol. The van der Waals surface area contributed by atoms with Crippen molar-refractivity contribution in [2.75, 3.05) is 20.1 Å². The Morgan fingerprint density at radius 1 is 1.25 bits per heavy atom. The molecule has 0 spiro atoms. The lowest BCUT2D eigenvalue weighted by Crippen LogP contribution is -2.53. The molecule has 1 saturated carbocycles. The number of hydrogen-bond acceptors (Lipinski definition) is 2. The van der Waals surface area contributed by atoms with Crippen molar-refractivity contribution in [3.8, 4) is 0 Å². The summed E-state index contributed by atoms with van der Waals surface area (Å²) in [5.74, 6) is 0.894. The minimum Gasteiger partial charge on any atom is -0.315 e. The average Bonchev–Trinajstić information content (AvgIpc) is 2.78. The molecule has 1 aliphatic heterocycles. The molecule has 2 fully saturated rings. The molecule has 1 N–H and O–H groups in total. The van der Waals surface area contributed by atoms with Crippen LogP contribution in [0.15, 0.2) is 0 Å². The molecule has 0 aromatic rings. The van der Waals surface area contributed by atoms with Crippen LogP contribution >= 0.6 is 0 Å². The zero-order valence-corrected chi connectivity index (χ0v) is 14.6. The molecule has 3 atom stereocenters. The Hall–Kier alpha value is -0.0800. The lowest BCUT2D eigenvalue weighted by atomic mass is 9.67. The van der Waals surface area contributed by atoms with Gasteiger partial charge >= 0.3 is 0 Å². The van der Waals surface area contributed by atoms with Gasteiger partial charge in [-0.1, -0.05) is 41.0 Å². The van der Waals surface area contributed by atoms with Gasteiger partial charge in [0.25, 0.3) is 0 Å². The van der Waals surface area contributed by atoms with Gasteiger partial charge in [0.1, 0.15) is 0 Å². The van der Waals surface area contributed by atoms with E-state index in [1.54, 1.807) is 0 Å². The fraction of sp³-hybridized carbons (Fsp3) is 1.00. The predicted molar refractivity (Wildman–Crippen MR) is 88.0 cm³/mol. The molecule has 0 amide bonds. The third kappa shape index (κ3) is 3.39. The molecular weight excluding hydrogens is 244 g/mol. The summed E-state index contributed by atoms with van der Waals surface area (Å²) in [5.41, 5.74) is 1.03. The standard InChI is InChI=1S/C18H36N2/c1-7-18(4,5)14-8-9-15(19-6)16(12-14)20-11-10-17(2,3)13-20/h14-16,19H,7-13H2,1-6H3. The van der Waals surface area contributed by atoms with Crippen molar-refractivity contribution in [2.45, 2.75) is 78.8 Å². The third-order valence-electron chi connectivity index (χ3n) is 6.38. The monoisotopic (exact) mass is 280 g/mol. The van der Waals surface area contributed by atoms with Crippen molar-refractivity contribution in [2.24, 2.45) is 16.7 Å². The first-order chi connectivity index (χ1) is 9.29. The number of nitrogens with zero attached hydrogens (tertiary/aromatic N) is 1. The minimum absolute atomic E-state index is 0.506. The van der Waals surface area contributed by atoms with E-state index in [9.17, 15) is 0 Å². The molecule has 1 aliphatic carbocycles. The summed E-state index contributed by atoms with van der Waals surface area (Å²) < 4.78 is 0. The van der Waals surface area contributed by atoms with Gasteiger partial charge in [0, 0.05) is 18.6 Å². The van der Waals surface area contributed by atoms with Gasteiger partial charge < -0.3 is 5.32 Å². The molecule has 0 bridgehead atoms. The maximum Gasteiger partial charge on any atom is 0.0252 e. The van der Waals surface area contributed by atoms with Crippen LogP contribution < -0.4 is 5.32 Å². The highest BCUT2D eigenvalue weighted by atomic mass is 15.2. The first-order valence-corrected chi connectivity index (χ1v) is 8.70. The van der Waals surface area contributed by atoms with Crippen molar-refractivity contribution < 1.29 is 0 Å². The second-order valence-electron chi connectivity index (χ2n) is 8.70. The van der Waals surface area contributed by atoms with Gasteiger partial charge in [0.2, 0.25) is 0 Å². The topological polar surface area (TPSA) is 15.3 Å². The smallest absolute Gasteiger partial charge is 0.0252 e. The van der Waals surface area contributed by atoms with E-state index in [4.69, 9.17) is 0 Å². The summed E-state index contributed by atoms with van der Waals surface area (Å²) in [6.07, 6.45) is 6.82. The Morgan fingerprint density at radius 3 is 2.45 bits per heavy atom. The Balaban J connectivity index is 2.07. The lowest BCUT2D eigenvalue weighted by molar-refractivity contribution is 0.0592. The van der Waals surface area contributed by atoms with Crippen LogP contribution in [0, 0.1) is 16.7 Å². The molecule has 118 valence electrons. The van der Waals surface area contributed by atoms with E-state index in [1.807, 2.05) is 0 Å². The van der Waals surface area contributed by atoms with Gasteiger partial charge in [0.05, 0.1) is 0 Å². The third-order valence-corrected chi connectivity index (χ3v) is 6.38. The Labute approximate surface area is 126 Å². The van der Waals surface area contributed by atoms with E-state index < -0.39 is 0 Å². The fourth-order valence-electron chi connectivity index (χ4n) is 4.32. The summed E-state index contributed by atoms with van der Waals surface area (Å²) in [4.78, 5) is 2.79. The van der Waals surface area contributed by atoms with Gasteiger partial charge in [-0.05, 0) is 56.0 Å². The van der Waals surface area contributed by atoms with Gasteiger partial charge in [-0.15, -0.1) is 0 Å². The van der Waals surface area contributed by atoms with Crippen LogP contribution in [0.2, 0.25) is 0 Å². The maximum atomic E-state index is 3.61. The van der Waals surface area contributed by atoms with E-state index in [-0.39, 0.29) is 0 Å². The molecule has 2 aliphatic rings. The van der Waals surface area contributed by atoms with E-state index in [2.05, 4.69) is 51.9 Å². The summed E-state index contributed by atoms with van der Waals surface area (Å²) in [7, 11) is 2.16. The number of likely N-dealkylation sites (tertiary alicyclic amines) is 1. The second-order valence-corrected chi connectivity index (χ2v) is 8.70. The number of likely N-dealkylation sites (N-methyl/N-ethyl adjacent to an activating group) is 1. The van der Waals surface area contributed by atoms with Gasteiger partial charge in [-0.25, -0.2) is 0 Å². The van der Waals surface area contributed by atoms with E-state index in [1.165, 1.54) is 45.2 Å². The highest BCUT2D eigenvalue weighted by Gasteiger charge is 2.42. The quantitative estimate of drug-likeness (QED) is 0.840. The normalized spacial score (nSPS) is 35.4. The van der Waals surface area contributed by atoms with Crippen LogP contribution in [0.1, 0.15) is 66.7 Å². The maximum absolute atomic E-state index is 3.61. The molecule has 0 aromatic heterocycles. The molecule has 2 rings (SSSR count). The highest BCUT2D eigenvalue weighted by molar-refractivity contribution is 4.97. The zero-order chi connectivity index (χ0) is 15.0. The van der Waals surface area contributed by atoms with E-state index >= 15 is 0 Å². The molecule has 20 heavy (non-hydrogen) atoms. The number of rotatable bonds is 4. The minimum atomic E-state index is 0.506. The molecule has 1 saturated heterocycles.